The zero-order valence-corrected chi connectivity index (χ0v) is 31.9. The van der Waals surface area contributed by atoms with Gasteiger partial charge in [0.25, 0.3) is 5.91 Å². The van der Waals surface area contributed by atoms with Gasteiger partial charge in [0.05, 0.1) is 13.2 Å². The van der Waals surface area contributed by atoms with Gasteiger partial charge in [0.2, 0.25) is 0 Å². The van der Waals surface area contributed by atoms with Gasteiger partial charge in [-0.2, -0.15) is 0 Å². The summed E-state index contributed by atoms with van der Waals surface area (Å²) >= 11 is 0. The molecule has 1 aromatic heterocycles. The fourth-order valence-corrected chi connectivity index (χ4v) is 6.20. The van der Waals surface area contributed by atoms with E-state index in [0.717, 1.165) is 0 Å². The molecule has 1 amide bonds. The van der Waals surface area contributed by atoms with Crippen molar-refractivity contribution in [1.82, 2.24) is 5.32 Å². The molecule has 0 unspecified atom stereocenters. The van der Waals surface area contributed by atoms with E-state index >= 15 is 0 Å². The smallest absolute Gasteiger partial charge is 0.862 e. The first-order valence-corrected chi connectivity index (χ1v) is 17.0. The molecule has 2 heterocycles. The molecule has 4 rings (SSSR count). The summed E-state index contributed by atoms with van der Waals surface area (Å²) in [6.07, 6.45) is 1.15. The zero-order valence-electron chi connectivity index (χ0n) is 28.8. The predicted molar refractivity (Wildman–Crippen MR) is 179 cm³/mol. The Morgan fingerprint density at radius 1 is 1.06 bits per heavy atom. The molecule has 1 aromatic carbocycles. The number of amides is 1. The molecule has 7 atom stereocenters. The Hall–Kier alpha value is -2.51. The standard InChI is InChI=1S/C35H47N3O12.K/c36-22-12-10-21-16-24(34(47)49-26(21)18-22)33(46)37-14-6-2-1-5-9-28(40)38-19-27-30(43)31(44)32(45)35(50-27)48-15-7-3-4-8-23-20(17-29(41)42)11-13-25(23)39;/h3-4,10,12,16,18,20,23,27,30-32,35,43-45H,1-2,5-9,11,13-15,17,19,36H2,(H,37,46)(H,38,40)(H,41,42);/q;+1/p-1/b4-3+;/t20-,23-,27-,30-,31+,32-,35-;/m1./s1. The number of carbonyl (C=O) groups excluding carboxylic acids is 2. The molecule has 15 nitrogen and oxygen atoms in total. The molecule has 2 fully saturated rings. The Labute approximate surface area is 337 Å². The summed E-state index contributed by atoms with van der Waals surface area (Å²) in [6.45, 7) is 0.190. The minimum Gasteiger partial charge on any atom is -0.862 e. The summed E-state index contributed by atoms with van der Waals surface area (Å²) in [4.78, 5) is 51.8. The van der Waals surface area contributed by atoms with E-state index in [2.05, 4.69) is 10.3 Å². The van der Waals surface area contributed by atoms with Crippen molar-refractivity contribution < 1.29 is 105 Å². The number of hydrogen-bond donors (Lipinski definition) is 6. The maximum Gasteiger partial charge on any atom is 1.00 e. The third kappa shape index (κ3) is 12.8. The van der Waals surface area contributed by atoms with Gasteiger partial charge in [-0.3, -0.25) is 14.4 Å². The molecule has 1 saturated carbocycles. The predicted octanol–water partition coefficient (Wildman–Crippen LogP) is -1.95. The minimum atomic E-state index is -1.57. The van der Waals surface area contributed by atoms with E-state index in [0.29, 0.717) is 74.6 Å². The summed E-state index contributed by atoms with van der Waals surface area (Å²) < 4.78 is 16.4. The largest absolute Gasteiger partial charge is 1.00 e. The van der Waals surface area contributed by atoms with Crippen LogP contribution in [-0.4, -0.2) is 94.4 Å². The van der Waals surface area contributed by atoms with Crippen molar-refractivity contribution in [3.05, 3.63) is 52.4 Å². The Kier molecular flexibility index (Phi) is 17.9. The monoisotopic (exact) mass is 739 g/mol. The number of hydrogen-bond acceptors (Lipinski definition) is 13. The fraction of sp³-hybridized carbons (Fsp3) is 0.571. The number of aliphatic carboxylic acids is 1. The molecule has 16 heteroatoms. The molecular weight excluding hydrogens is 693 g/mol. The first kappa shape index (κ1) is 42.9. The number of carboxylic acids is 1. The van der Waals surface area contributed by atoms with Crippen LogP contribution in [-0.2, 0) is 19.1 Å². The molecule has 2 aliphatic rings. The quantitative estimate of drug-likeness (QED) is 0.0185. The van der Waals surface area contributed by atoms with Gasteiger partial charge in [-0.25, -0.2) is 4.79 Å². The molecule has 51 heavy (non-hydrogen) atoms. The van der Waals surface area contributed by atoms with Gasteiger partial charge in [0, 0.05) is 42.4 Å². The van der Waals surface area contributed by atoms with Gasteiger partial charge >= 0.3 is 63.0 Å². The van der Waals surface area contributed by atoms with Crippen molar-refractivity contribution in [2.75, 3.05) is 25.4 Å². The number of aliphatic imine (C=N–C) groups is 1. The van der Waals surface area contributed by atoms with Crippen molar-refractivity contribution in [3.8, 4) is 0 Å². The molecule has 0 bridgehead atoms. The summed E-state index contributed by atoms with van der Waals surface area (Å²) in [5.74, 6) is -2.28. The summed E-state index contributed by atoms with van der Waals surface area (Å²) in [5.41, 5.74) is 5.59. The van der Waals surface area contributed by atoms with Gasteiger partial charge in [-0.15, -0.1) is 0 Å². The number of nitrogens with zero attached hydrogens (tertiary/aromatic N) is 1. The molecule has 0 spiro atoms. The number of carboxylic acid groups (broad SMARTS) is 1. The van der Waals surface area contributed by atoms with Crippen LogP contribution >= 0.6 is 0 Å². The van der Waals surface area contributed by atoms with E-state index in [-0.39, 0.29) is 101 Å². The number of Topliss-reactive ketones (excluding diaryl/α,β-unsaturated/α-hetero) is 1. The number of anilines is 1. The van der Waals surface area contributed by atoms with Gasteiger partial charge in [0.15, 0.2) is 6.29 Å². The third-order valence-electron chi connectivity index (χ3n) is 9.03. The topological polar surface area (TPSA) is 254 Å². The molecular formula is C35H46KN3O12. The van der Waals surface area contributed by atoms with E-state index in [1.807, 2.05) is 0 Å². The number of nitrogens with one attached hydrogen (secondary N) is 1. The average molecular weight is 740 g/mol. The Morgan fingerprint density at radius 3 is 2.59 bits per heavy atom. The number of aliphatic hydroxyl groups excluding tert-OH is 3. The summed E-state index contributed by atoms with van der Waals surface area (Å²) in [6, 6.07) is 6.29. The number of nitrogen functional groups attached to an aromatic ring is 1. The number of unbranched alkanes of at least 4 members (excludes halogenated alkanes) is 3. The van der Waals surface area contributed by atoms with Crippen LogP contribution in [0.2, 0.25) is 0 Å². The Morgan fingerprint density at radius 2 is 1.82 bits per heavy atom. The van der Waals surface area contributed by atoms with Crippen LogP contribution in [0.1, 0.15) is 74.6 Å². The van der Waals surface area contributed by atoms with Crippen molar-refractivity contribution >= 4 is 40.2 Å². The van der Waals surface area contributed by atoms with Crippen LogP contribution in [0.3, 0.4) is 0 Å². The Bertz CT molecular complexity index is 1600. The van der Waals surface area contributed by atoms with E-state index < -0.39 is 54.1 Å². The molecule has 274 valence electrons. The van der Waals surface area contributed by atoms with Crippen molar-refractivity contribution in [1.29, 1.82) is 0 Å². The number of fused-ring (bicyclic) bond motifs is 1. The number of aliphatic hydroxyl groups is 3. The van der Waals surface area contributed by atoms with Crippen LogP contribution in [0.15, 0.2) is 50.6 Å². The molecule has 0 radical (unpaired) electrons. The maximum atomic E-state index is 12.5. The summed E-state index contributed by atoms with van der Waals surface area (Å²) in [7, 11) is 0. The number of allylic oxidation sites excluding steroid dienone is 1. The number of ketones is 1. The van der Waals surface area contributed by atoms with Crippen molar-refractivity contribution in [2.24, 2.45) is 16.8 Å². The van der Waals surface area contributed by atoms with Crippen LogP contribution in [0, 0.1) is 11.8 Å². The SMILES string of the molecule is Nc1ccc2cc(C(=O)NCCCCCCC([O-])=NC[C@H]3O[C@@H](OCC/C=C/C[C@H]4C(=O)CC[C@@H]4CC(=O)O)[C@H](O)[C@@H](O)[C@@H]3O)c(=O)oc2c1.[K+]. The van der Waals surface area contributed by atoms with Crippen molar-refractivity contribution in [3.63, 3.8) is 0 Å². The normalized spacial score (nSPS) is 25.3. The van der Waals surface area contributed by atoms with Gasteiger partial charge in [-0.1, -0.05) is 25.0 Å². The van der Waals surface area contributed by atoms with E-state index in [4.69, 9.17) is 24.7 Å². The second-order valence-corrected chi connectivity index (χ2v) is 12.8. The molecule has 1 aliphatic heterocycles. The summed E-state index contributed by atoms with van der Waals surface area (Å²) in [5, 5.41) is 55.7. The zero-order chi connectivity index (χ0) is 36.2. The number of benzene rings is 1. The van der Waals surface area contributed by atoms with Gasteiger partial charge < -0.3 is 55.5 Å². The van der Waals surface area contributed by atoms with Crippen LogP contribution < -0.4 is 73.2 Å². The fourth-order valence-electron chi connectivity index (χ4n) is 6.20. The average Bonchev–Trinajstić information content (AvgIpc) is 3.41. The third-order valence-corrected chi connectivity index (χ3v) is 9.03. The second-order valence-electron chi connectivity index (χ2n) is 12.8. The molecule has 1 aliphatic carbocycles. The van der Waals surface area contributed by atoms with E-state index in [1.54, 1.807) is 24.3 Å². The number of rotatable bonds is 18. The van der Waals surface area contributed by atoms with E-state index in [9.17, 15) is 39.6 Å². The van der Waals surface area contributed by atoms with Gasteiger partial charge in [0.1, 0.15) is 41.3 Å². The minimum absolute atomic E-state index is 0. The number of carbonyl (C=O) groups is 3. The van der Waals surface area contributed by atoms with Crippen molar-refractivity contribution in [2.45, 2.75) is 94.9 Å². The van der Waals surface area contributed by atoms with Crippen LogP contribution in [0.25, 0.3) is 11.0 Å². The molecule has 7 N–H and O–H groups in total. The van der Waals surface area contributed by atoms with E-state index in [1.165, 1.54) is 12.1 Å². The van der Waals surface area contributed by atoms with Gasteiger partial charge in [-0.05, 0) is 68.5 Å². The number of nitrogens with two attached hydrogens (primary N) is 1. The van der Waals surface area contributed by atoms with Crippen LogP contribution in [0.5, 0.6) is 0 Å². The maximum absolute atomic E-state index is 12.5. The molecule has 2 aromatic rings. The number of ether oxygens (including phenoxy) is 2. The first-order chi connectivity index (χ1) is 23.9. The second kappa shape index (κ2) is 21.3. The first-order valence-electron chi connectivity index (χ1n) is 17.0. The molecule has 1 saturated heterocycles. The van der Waals surface area contributed by atoms with Crippen LogP contribution in [0.4, 0.5) is 5.69 Å². The Balaban J connectivity index is 0.00000702.